The molecule has 0 bridgehead atoms. The van der Waals surface area contributed by atoms with Crippen LogP contribution >= 0.6 is 0 Å². The molecule has 1 aliphatic rings. The highest BCUT2D eigenvalue weighted by Gasteiger charge is 2.24. The molecule has 1 heterocycles. The molecule has 0 N–H and O–H groups in total. The largest absolute Gasteiger partial charge is 0.461 e. The third-order valence-electron chi connectivity index (χ3n) is 3.34. The first-order valence-electron chi connectivity index (χ1n) is 6.77. The molecule has 0 saturated heterocycles. The summed E-state index contributed by atoms with van der Waals surface area (Å²) in [5.74, 6) is -0.345. The number of hydrogen-bond acceptors (Lipinski definition) is 3. The normalized spacial score (nSPS) is 12.4. The summed E-state index contributed by atoms with van der Waals surface area (Å²) in [6.45, 7) is 2.84. The molecule has 4 heteroatoms. The van der Waals surface area contributed by atoms with Gasteiger partial charge in [0.25, 0.3) is 0 Å². The van der Waals surface area contributed by atoms with Crippen LogP contribution in [0.15, 0.2) is 36.4 Å². The number of allylic oxidation sites excluding steroid dienone is 1. The van der Waals surface area contributed by atoms with Gasteiger partial charge in [-0.1, -0.05) is 42.5 Å². The van der Waals surface area contributed by atoms with Gasteiger partial charge in [0.15, 0.2) is 5.69 Å². The monoisotopic (exact) mass is 268 g/mol. The average molecular weight is 268 g/mol. The molecular weight excluding hydrogens is 252 g/mol. The Morgan fingerprint density at radius 2 is 2.15 bits per heavy atom. The summed E-state index contributed by atoms with van der Waals surface area (Å²) in [4.78, 5) is 11.9. The first-order chi connectivity index (χ1) is 9.79. The number of esters is 1. The fourth-order valence-corrected chi connectivity index (χ4v) is 2.43. The van der Waals surface area contributed by atoms with Gasteiger partial charge < -0.3 is 4.74 Å². The Balaban J connectivity index is 1.94. The van der Waals surface area contributed by atoms with Gasteiger partial charge >= 0.3 is 5.97 Å². The van der Waals surface area contributed by atoms with Crippen LogP contribution in [0, 0.1) is 0 Å². The predicted octanol–water partition coefficient (Wildman–Crippen LogP) is 2.68. The van der Waals surface area contributed by atoms with E-state index in [1.807, 2.05) is 29.0 Å². The second kappa shape index (κ2) is 5.33. The van der Waals surface area contributed by atoms with Crippen molar-refractivity contribution in [3.63, 3.8) is 0 Å². The number of fused-ring (bicyclic) bond motifs is 1. The third-order valence-corrected chi connectivity index (χ3v) is 3.34. The molecule has 102 valence electrons. The molecule has 0 atom stereocenters. The number of rotatable bonds is 4. The molecule has 0 amide bonds. The first kappa shape index (κ1) is 12.7. The zero-order valence-electron chi connectivity index (χ0n) is 11.4. The van der Waals surface area contributed by atoms with Crippen molar-refractivity contribution in [2.75, 3.05) is 6.61 Å². The quantitative estimate of drug-likeness (QED) is 0.801. The number of benzene rings is 1. The van der Waals surface area contributed by atoms with Crippen LogP contribution in [0.2, 0.25) is 0 Å². The summed E-state index contributed by atoms with van der Waals surface area (Å²) in [7, 11) is 0. The van der Waals surface area contributed by atoms with Gasteiger partial charge in [0.1, 0.15) is 0 Å². The molecule has 0 spiro atoms. The Kier molecular flexibility index (Phi) is 3.37. The number of hydrogen-bond donors (Lipinski definition) is 0. The van der Waals surface area contributed by atoms with E-state index in [2.05, 4.69) is 23.3 Å². The minimum Gasteiger partial charge on any atom is -0.461 e. The molecule has 1 aromatic heterocycles. The first-order valence-corrected chi connectivity index (χ1v) is 6.77. The van der Waals surface area contributed by atoms with Crippen molar-refractivity contribution in [3.05, 3.63) is 58.9 Å². The molecule has 0 radical (unpaired) electrons. The van der Waals surface area contributed by atoms with E-state index in [1.54, 1.807) is 6.92 Å². The van der Waals surface area contributed by atoms with Crippen LogP contribution in [0.3, 0.4) is 0 Å². The lowest BCUT2D eigenvalue weighted by atomic mass is 10.2. The Bertz CT molecular complexity index is 657. The molecule has 0 aliphatic heterocycles. The number of carbonyl (C=O) groups excluding carboxylic acids is 1. The minimum absolute atomic E-state index is 0.345. The molecule has 0 saturated carbocycles. The lowest BCUT2D eigenvalue weighted by molar-refractivity contribution is 0.0518. The molecule has 0 unspecified atom stereocenters. The highest BCUT2D eigenvalue weighted by molar-refractivity contribution is 5.92. The highest BCUT2D eigenvalue weighted by atomic mass is 16.5. The van der Waals surface area contributed by atoms with Crippen LogP contribution in [0.5, 0.6) is 0 Å². The Morgan fingerprint density at radius 3 is 2.90 bits per heavy atom. The van der Waals surface area contributed by atoms with Gasteiger partial charge in [-0.15, -0.1) is 0 Å². The van der Waals surface area contributed by atoms with Gasteiger partial charge in [-0.3, -0.25) is 4.68 Å². The van der Waals surface area contributed by atoms with Gasteiger partial charge in [-0.2, -0.15) is 5.10 Å². The molecule has 0 fully saturated rings. The van der Waals surface area contributed by atoms with Crippen molar-refractivity contribution in [1.29, 1.82) is 0 Å². The maximum atomic E-state index is 11.9. The van der Waals surface area contributed by atoms with Gasteiger partial charge in [0.05, 0.1) is 18.8 Å². The molecular formula is C16H16N2O2. The zero-order valence-corrected chi connectivity index (χ0v) is 11.4. The van der Waals surface area contributed by atoms with Crippen LogP contribution in [0.4, 0.5) is 0 Å². The third kappa shape index (κ3) is 2.25. The van der Waals surface area contributed by atoms with E-state index in [9.17, 15) is 4.79 Å². The number of aromatic nitrogens is 2. The van der Waals surface area contributed by atoms with Gasteiger partial charge in [0.2, 0.25) is 0 Å². The Hall–Kier alpha value is -2.36. The molecule has 1 aliphatic carbocycles. The van der Waals surface area contributed by atoms with Crippen molar-refractivity contribution in [3.8, 4) is 0 Å². The van der Waals surface area contributed by atoms with Gasteiger partial charge in [0, 0.05) is 12.0 Å². The molecule has 4 nitrogen and oxygen atoms in total. The van der Waals surface area contributed by atoms with Crippen LogP contribution in [0.1, 0.15) is 34.2 Å². The second-order valence-electron chi connectivity index (χ2n) is 4.68. The van der Waals surface area contributed by atoms with E-state index >= 15 is 0 Å². The number of nitrogens with zero attached hydrogens (tertiary/aromatic N) is 2. The zero-order chi connectivity index (χ0) is 13.9. The van der Waals surface area contributed by atoms with E-state index in [4.69, 9.17) is 4.74 Å². The Morgan fingerprint density at radius 1 is 1.35 bits per heavy atom. The maximum Gasteiger partial charge on any atom is 0.359 e. The topological polar surface area (TPSA) is 44.1 Å². The van der Waals surface area contributed by atoms with Gasteiger partial charge in [-0.25, -0.2) is 4.79 Å². The summed E-state index contributed by atoms with van der Waals surface area (Å²) < 4.78 is 6.97. The van der Waals surface area contributed by atoms with E-state index in [1.165, 1.54) is 5.56 Å². The summed E-state index contributed by atoms with van der Waals surface area (Å²) in [5, 5.41) is 4.44. The minimum atomic E-state index is -0.345. The second-order valence-corrected chi connectivity index (χ2v) is 4.68. The molecule has 20 heavy (non-hydrogen) atoms. The SMILES string of the molecule is CCOC(=O)c1nn(Cc2ccccc2)c2c1C=CC2. The van der Waals surface area contributed by atoms with Crippen molar-refractivity contribution >= 4 is 12.0 Å². The molecule has 3 rings (SSSR count). The number of ether oxygens (including phenoxy) is 1. The van der Waals surface area contributed by atoms with Crippen molar-refractivity contribution < 1.29 is 9.53 Å². The van der Waals surface area contributed by atoms with E-state index < -0.39 is 0 Å². The van der Waals surface area contributed by atoms with Crippen molar-refractivity contribution in [1.82, 2.24) is 9.78 Å². The molecule has 2 aromatic rings. The average Bonchev–Trinajstić information content (AvgIpc) is 3.04. The van der Waals surface area contributed by atoms with E-state index in [-0.39, 0.29) is 5.97 Å². The van der Waals surface area contributed by atoms with Crippen LogP contribution in [-0.2, 0) is 17.7 Å². The summed E-state index contributed by atoms with van der Waals surface area (Å²) in [6.07, 6.45) is 4.82. The van der Waals surface area contributed by atoms with Crippen molar-refractivity contribution in [2.45, 2.75) is 19.9 Å². The summed E-state index contributed by atoms with van der Waals surface area (Å²) in [5.41, 5.74) is 3.57. The lowest BCUT2D eigenvalue weighted by Crippen LogP contribution is -2.09. The maximum absolute atomic E-state index is 11.9. The fraction of sp³-hybridized carbons (Fsp3) is 0.250. The van der Waals surface area contributed by atoms with Crippen LogP contribution < -0.4 is 0 Å². The number of carbonyl (C=O) groups is 1. The Labute approximate surface area is 117 Å². The van der Waals surface area contributed by atoms with Crippen LogP contribution in [-0.4, -0.2) is 22.4 Å². The lowest BCUT2D eigenvalue weighted by Gasteiger charge is -2.05. The predicted molar refractivity (Wildman–Crippen MR) is 76.5 cm³/mol. The van der Waals surface area contributed by atoms with Crippen LogP contribution in [0.25, 0.3) is 6.08 Å². The highest BCUT2D eigenvalue weighted by Crippen LogP contribution is 2.24. The van der Waals surface area contributed by atoms with E-state index in [0.717, 1.165) is 17.7 Å². The summed E-state index contributed by atoms with van der Waals surface area (Å²) in [6, 6.07) is 10.1. The standard InChI is InChI=1S/C16H16N2O2/c1-2-20-16(19)15-13-9-6-10-14(13)18(17-15)11-12-7-4-3-5-8-12/h3-9H,2,10-11H2,1H3. The van der Waals surface area contributed by atoms with E-state index in [0.29, 0.717) is 18.8 Å². The smallest absolute Gasteiger partial charge is 0.359 e. The summed E-state index contributed by atoms with van der Waals surface area (Å²) >= 11 is 0. The molecule has 1 aromatic carbocycles. The fourth-order valence-electron chi connectivity index (χ4n) is 2.43. The van der Waals surface area contributed by atoms with Crippen molar-refractivity contribution in [2.24, 2.45) is 0 Å². The van der Waals surface area contributed by atoms with Gasteiger partial charge in [-0.05, 0) is 12.5 Å².